The van der Waals surface area contributed by atoms with Crippen molar-refractivity contribution in [1.82, 2.24) is 29.7 Å². The van der Waals surface area contributed by atoms with E-state index in [0.717, 1.165) is 17.8 Å². The van der Waals surface area contributed by atoms with E-state index in [1.165, 1.54) is 7.11 Å². The highest BCUT2D eigenvalue weighted by Gasteiger charge is 2.49. The van der Waals surface area contributed by atoms with Crippen LogP contribution in [0, 0.1) is 0 Å². The molecule has 1 spiro atoms. The molecule has 2 aromatic rings. The second-order valence-corrected chi connectivity index (χ2v) is 6.72. The highest BCUT2D eigenvalue weighted by Crippen LogP contribution is 2.42. The molecule has 1 fully saturated rings. The summed E-state index contributed by atoms with van der Waals surface area (Å²) in [7, 11) is 1.53. The molecule has 4 rings (SSSR count). The SMILES string of the molecule is COCC(=O)N1CCc2[nH]cnc2C12CCN(C(=O)c1ncc[nH]1)CC2. The Morgan fingerprint density at radius 2 is 2.04 bits per heavy atom. The summed E-state index contributed by atoms with van der Waals surface area (Å²) in [4.78, 5) is 43.5. The monoisotopic (exact) mass is 358 g/mol. The maximum atomic E-state index is 12.7. The first-order chi connectivity index (χ1) is 12.7. The van der Waals surface area contributed by atoms with Crippen LogP contribution in [-0.4, -0.2) is 74.9 Å². The number of carbonyl (C=O) groups excluding carboxylic acids is 2. The van der Waals surface area contributed by atoms with E-state index in [9.17, 15) is 9.59 Å². The number of methoxy groups -OCH3 is 1. The van der Waals surface area contributed by atoms with E-state index in [2.05, 4.69) is 19.9 Å². The molecule has 0 atom stereocenters. The van der Waals surface area contributed by atoms with E-state index in [0.29, 0.717) is 38.3 Å². The Bertz CT molecular complexity index is 791. The smallest absolute Gasteiger partial charge is 0.289 e. The zero-order chi connectivity index (χ0) is 18.1. The summed E-state index contributed by atoms with van der Waals surface area (Å²) in [5.41, 5.74) is 1.53. The normalized spacial score (nSPS) is 18.8. The van der Waals surface area contributed by atoms with Gasteiger partial charge < -0.3 is 24.5 Å². The second-order valence-electron chi connectivity index (χ2n) is 6.72. The number of likely N-dealkylation sites (tertiary alicyclic amines) is 1. The zero-order valence-electron chi connectivity index (χ0n) is 14.7. The third-order valence-electron chi connectivity index (χ3n) is 5.41. The largest absolute Gasteiger partial charge is 0.375 e. The summed E-state index contributed by atoms with van der Waals surface area (Å²) in [6.07, 6.45) is 6.94. The molecule has 0 saturated carbocycles. The first-order valence-electron chi connectivity index (χ1n) is 8.76. The maximum Gasteiger partial charge on any atom is 0.289 e. The van der Waals surface area contributed by atoms with Crippen molar-refractivity contribution in [3.05, 3.63) is 35.9 Å². The van der Waals surface area contributed by atoms with Gasteiger partial charge >= 0.3 is 0 Å². The van der Waals surface area contributed by atoms with Gasteiger partial charge in [0.1, 0.15) is 6.61 Å². The minimum atomic E-state index is -0.483. The summed E-state index contributed by atoms with van der Waals surface area (Å²) in [5, 5.41) is 0. The van der Waals surface area contributed by atoms with Gasteiger partial charge in [-0.25, -0.2) is 9.97 Å². The Labute approximate surface area is 150 Å². The van der Waals surface area contributed by atoms with E-state index in [1.807, 2.05) is 4.90 Å². The minimum absolute atomic E-state index is 0.0352. The molecule has 2 amide bonds. The van der Waals surface area contributed by atoms with Crippen LogP contribution in [0.2, 0.25) is 0 Å². The van der Waals surface area contributed by atoms with Crippen LogP contribution in [0.3, 0.4) is 0 Å². The summed E-state index contributed by atoms with van der Waals surface area (Å²) < 4.78 is 5.07. The van der Waals surface area contributed by atoms with Gasteiger partial charge in [-0.1, -0.05) is 0 Å². The number of rotatable bonds is 3. The minimum Gasteiger partial charge on any atom is -0.375 e. The fourth-order valence-electron chi connectivity index (χ4n) is 4.16. The Balaban J connectivity index is 1.59. The van der Waals surface area contributed by atoms with Crippen molar-refractivity contribution in [3.8, 4) is 0 Å². The van der Waals surface area contributed by atoms with Gasteiger partial charge in [-0.3, -0.25) is 9.59 Å². The molecule has 0 radical (unpaired) electrons. The average molecular weight is 358 g/mol. The van der Waals surface area contributed by atoms with E-state index in [-0.39, 0.29) is 18.4 Å². The lowest BCUT2D eigenvalue weighted by atomic mass is 9.78. The number of hydrogen-bond acceptors (Lipinski definition) is 5. The summed E-state index contributed by atoms with van der Waals surface area (Å²) in [5.74, 6) is 0.196. The number of amides is 2. The predicted octanol–water partition coefficient (Wildman–Crippen LogP) is 0.295. The van der Waals surface area contributed by atoms with E-state index in [4.69, 9.17) is 4.74 Å². The van der Waals surface area contributed by atoms with Crippen LogP contribution in [-0.2, 0) is 21.5 Å². The second kappa shape index (κ2) is 6.56. The number of hydrogen-bond donors (Lipinski definition) is 2. The van der Waals surface area contributed by atoms with E-state index >= 15 is 0 Å². The fourth-order valence-corrected chi connectivity index (χ4v) is 4.16. The number of fused-ring (bicyclic) bond motifs is 2. The van der Waals surface area contributed by atoms with Crippen molar-refractivity contribution in [3.63, 3.8) is 0 Å². The first-order valence-corrected chi connectivity index (χ1v) is 8.76. The van der Waals surface area contributed by atoms with Crippen LogP contribution < -0.4 is 0 Å². The van der Waals surface area contributed by atoms with Gasteiger partial charge in [0.25, 0.3) is 5.91 Å². The van der Waals surface area contributed by atoms with Gasteiger partial charge in [0, 0.05) is 51.3 Å². The number of nitrogens with zero attached hydrogens (tertiary/aromatic N) is 4. The molecule has 0 aliphatic carbocycles. The number of ether oxygens (including phenoxy) is 1. The van der Waals surface area contributed by atoms with Crippen LogP contribution >= 0.6 is 0 Å². The molecular formula is C17H22N6O3. The van der Waals surface area contributed by atoms with Gasteiger partial charge in [0.05, 0.1) is 17.6 Å². The van der Waals surface area contributed by atoms with Crippen molar-refractivity contribution in [2.24, 2.45) is 0 Å². The Hall–Kier alpha value is -2.68. The van der Waals surface area contributed by atoms with Gasteiger partial charge in [-0.15, -0.1) is 0 Å². The van der Waals surface area contributed by atoms with Crippen LogP contribution in [0.1, 0.15) is 34.8 Å². The molecule has 4 heterocycles. The van der Waals surface area contributed by atoms with Crippen molar-refractivity contribution in [2.75, 3.05) is 33.4 Å². The van der Waals surface area contributed by atoms with Crippen LogP contribution in [0.5, 0.6) is 0 Å². The summed E-state index contributed by atoms with van der Waals surface area (Å²) in [6, 6.07) is 0. The van der Waals surface area contributed by atoms with E-state index < -0.39 is 5.54 Å². The molecule has 1 saturated heterocycles. The molecule has 0 aromatic carbocycles. The van der Waals surface area contributed by atoms with Crippen molar-refractivity contribution in [1.29, 1.82) is 0 Å². The molecule has 0 bridgehead atoms. The van der Waals surface area contributed by atoms with Crippen LogP contribution in [0.25, 0.3) is 0 Å². The molecule has 2 aliphatic rings. The molecule has 9 heteroatoms. The number of aromatic amines is 2. The lowest BCUT2D eigenvalue weighted by molar-refractivity contribution is -0.145. The molecule has 9 nitrogen and oxygen atoms in total. The first kappa shape index (κ1) is 16.8. The highest BCUT2D eigenvalue weighted by molar-refractivity contribution is 5.90. The molecule has 2 aromatic heterocycles. The molecule has 0 unspecified atom stereocenters. The zero-order valence-corrected chi connectivity index (χ0v) is 14.7. The molecular weight excluding hydrogens is 336 g/mol. The Morgan fingerprint density at radius 3 is 2.73 bits per heavy atom. The Kier molecular flexibility index (Phi) is 4.23. The van der Waals surface area contributed by atoms with Crippen LogP contribution in [0.4, 0.5) is 0 Å². The lowest BCUT2D eigenvalue weighted by Gasteiger charge is -2.50. The molecule has 2 N–H and O–H groups in total. The van der Waals surface area contributed by atoms with Gasteiger partial charge in [0.2, 0.25) is 5.91 Å². The number of piperidine rings is 1. The van der Waals surface area contributed by atoms with Crippen molar-refractivity contribution in [2.45, 2.75) is 24.8 Å². The average Bonchev–Trinajstić information content (AvgIpc) is 3.34. The quantitative estimate of drug-likeness (QED) is 0.820. The van der Waals surface area contributed by atoms with Gasteiger partial charge in [0.15, 0.2) is 5.82 Å². The topological polar surface area (TPSA) is 107 Å². The van der Waals surface area contributed by atoms with Gasteiger partial charge in [-0.05, 0) is 12.8 Å². The van der Waals surface area contributed by atoms with Crippen molar-refractivity contribution < 1.29 is 14.3 Å². The maximum absolute atomic E-state index is 12.7. The number of carbonyl (C=O) groups is 2. The van der Waals surface area contributed by atoms with Gasteiger partial charge in [-0.2, -0.15) is 0 Å². The fraction of sp³-hybridized carbons (Fsp3) is 0.529. The van der Waals surface area contributed by atoms with Crippen LogP contribution in [0.15, 0.2) is 18.7 Å². The standard InChI is InChI=1S/C17H22N6O3/c1-26-10-13(24)23-7-2-12-14(21-11-20-12)17(23)3-8-22(9-4-17)16(25)15-18-5-6-19-15/h5-6,11H,2-4,7-10H2,1H3,(H,18,19)(H,20,21). The summed E-state index contributed by atoms with van der Waals surface area (Å²) >= 11 is 0. The number of H-pyrrole nitrogens is 2. The summed E-state index contributed by atoms with van der Waals surface area (Å²) in [6.45, 7) is 1.77. The molecule has 26 heavy (non-hydrogen) atoms. The third kappa shape index (κ3) is 2.59. The highest BCUT2D eigenvalue weighted by atomic mass is 16.5. The van der Waals surface area contributed by atoms with E-state index in [1.54, 1.807) is 23.6 Å². The number of nitrogens with one attached hydrogen (secondary N) is 2. The third-order valence-corrected chi connectivity index (χ3v) is 5.41. The number of imidazole rings is 2. The number of aromatic nitrogens is 4. The molecule has 138 valence electrons. The predicted molar refractivity (Wildman–Crippen MR) is 91.3 cm³/mol. The van der Waals surface area contributed by atoms with Crippen molar-refractivity contribution >= 4 is 11.8 Å². The lowest BCUT2D eigenvalue weighted by Crippen LogP contribution is -2.59. The molecule has 2 aliphatic heterocycles. The Morgan fingerprint density at radius 1 is 1.23 bits per heavy atom.